The molecule has 1 amide bonds. The molecule has 0 radical (unpaired) electrons. The molecule has 0 saturated heterocycles. The maximum Gasteiger partial charge on any atom is 0.259 e. The van der Waals surface area contributed by atoms with Crippen LogP contribution in [-0.4, -0.2) is 25.9 Å². The molecule has 2 aromatic carbocycles. The van der Waals surface area contributed by atoms with Crippen LogP contribution < -0.4 is 9.62 Å². The average molecular weight is 411 g/mol. The van der Waals surface area contributed by atoms with Gasteiger partial charge < -0.3 is 4.90 Å². The van der Waals surface area contributed by atoms with Crippen LogP contribution in [-0.2, 0) is 22.2 Å². The lowest BCUT2D eigenvalue weighted by Gasteiger charge is -2.18. The number of nitrogens with one attached hydrogen (secondary N) is 1. The van der Waals surface area contributed by atoms with E-state index in [9.17, 15) is 17.6 Å². The van der Waals surface area contributed by atoms with Crippen molar-refractivity contribution in [3.8, 4) is 0 Å². The van der Waals surface area contributed by atoms with Crippen LogP contribution in [0.4, 0.5) is 15.8 Å². The largest absolute Gasteiger partial charge is 0.308 e. The topological polar surface area (TPSA) is 79.4 Å². The summed E-state index contributed by atoms with van der Waals surface area (Å²) >= 11 is 0. The van der Waals surface area contributed by atoms with Crippen LogP contribution in [0.15, 0.2) is 67.0 Å². The van der Waals surface area contributed by atoms with Gasteiger partial charge in [0.25, 0.3) is 5.91 Å². The van der Waals surface area contributed by atoms with E-state index in [-0.39, 0.29) is 11.7 Å². The highest BCUT2D eigenvalue weighted by atomic mass is 32.2. The van der Waals surface area contributed by atoms with Gasteiger partial charge in [-0.15, -0.1) is 0 Å². The van der Waals surface area contributed by atoms with Crippen LogP contribution in [0.2, 0.25) is 0 Å². The SMILES string of the molecule is O=C(c1cccnc1)N1CCc2ccc(NS(=O)(=O)Cc3cccc(F)c3)cc21. The van der Waals surface area contributed by atoms with Crippen molar-refractivity contribution in [1.82, 2.24) is 4.98 Å². The number of halogens is 1. The minimum atomic E-state index is -3.74. The number of aromatic nitrogens is 1. The van der Waals surface area contributed by atoms with Crippen LogP contribution >= 0.6 is 0 Å². The Balaban J connectivity index is 1.56. The second kappa shape index (κ2) is 7.63. The maximum atomic E-state index is 13.3. The fourth-order valence-corrected chi connectivity index (χ4v) is 4.54. The van der Waals surface area contributed by atoms with Crippen molar-refractivity contribution in [3.63, 3.8) is 0 Å². The van der Waals surface area contributed by atoms with Crippen molar-refractivity contribution >= 4 is 27.3 Å². The van der Waals surface area contributed by atoms with E-state index in [2.05, 4.69) is 9.71 Å². The molecule has 0 atom stereocenters. The molecular formula is C21H18FN3O3S. The van der Waals surface area contributed by atoms with Crippen molar-refractivity contribution < 1.29 is 17.6 Å². The number of benzene rings is 2. The predicted octanol–water partition coefficient (Wildman–Crippen LogP) is 3.37. The normalized spacial score (nSPS) is 13.2. The molecule has 1 N–H and O–H groups in total. The molecule has 6 nitrogen and oxygen atoms in total. The van der Waals surface area contributed by atoms with Gasteiger partial charge >= 0.3 is 0 Å². The van der Waals surface area contributed by atoms with E-state index in [1.54, 1.807) is 41.4 Å². The number of fused-ring (bicyclic) bond motifs is 1. The number of hydrogen-bond acceptors (Lipinski definition) is 4. The van der Waals surface area contributed by atoms with Crippen LogP contribution in [0.3, 0.4) is 0 Å². The van der Waals surface area contributed by atoms with Crippen LogP contribution in [0.25, 0.3) is 0 Å². The quantitative estimate of drug-likeness (QED) is 0.698. The third-order valence-electron chi connectivity index (χ3n) is 4.65. The summed E-state index contributed by atoms with van der Waals surface area (Å²) in [6.07, 6.45) is 3.80. The number of carbonyl (C=O) groups is 1. The van der Waals surface area contributed by atoms with Crippen molar-refractivity contribution in [1.29, 1.82) is 0 Å². The van der Waals surface area contributed by atoms with Gasteiger partial charge in [0.1, 0.15) is 5.82 Å². The lowest BCUT2D eigenvalue weighted by atomic mass is 10.1. The van der Waals surface area contributed by atoms with Crippen molar-refractivity contribution in [2.24, 2.45) is 0 Å². The zero-order valence-corrected chi connectivity index (χ0v) is 16.2. The second-order valence-corrected chi connectivity index (χ2v) is 8.51. The van der Waals surface area contributed by atoms with Gasteiger partial charge in [0.15, 0.2) is 0 Å². The Morgan fingerprint density at radius 3 is 2.76 bits per heavy atom. The smallest absolute Gasteiger partial charge is 0.259 e. The fraction of sp³-hybridized carbons (Fsp3) is 0.143. The van der Waals surface area contributed by atoms with Crippen LogP contribution in [0, 0.1) is 5.82 Å². The molecule has 29 heavy (non-hydrogen) atoms. The molecule has 1 aliphatic rings. The zero-order valence-electron chi connectivity index (χ0n) is 15.4. The Morgan fingerprint density at radius 1 is 1.14 bits per heavy atom. The molecule has 148 valence electrons. The van der Waals surface area contributed by atoms with E-state index in [0.29, 0.717) is 35.5 Å². The Kier molecular flexibility index (Phi) is 5.02. The average Bonchev–Trinajstić information content (AvgIpc) is 3.10. The highest BCUT2D eigenvalue weighted by Crippen LogP contribution is 2.32. The summed E-state index contributed by atoms with van der Waals surface area (Å²) < 4.78 is 40.8. The summed E-state index contributed by atoms with van der Waals surface area (Å²) in [4.78, 5) is 18.4. The summed E-state index contributed by atoms with van der Waals surface area (Å²) in [6, 6.07) is 14.0. The first-order chi connectivity index (χ1) is 13.9. The molecule has 0 bridgehead atoms. The monoisotopic (exact) mass is 411 g/mol. The number of carbonyl (C=O) groups excluding carboxylic acids is 1. The first kappa shape index (κ1) is 19.1. The van der Waals surface area contributed by atoms with E-state index in [0.717, 1.165) is 5.56 Å². The van der Waals surface area contributed by atoms with Gasteiger partial charge in [0, 0.05) is 24.6 Å². The Hall–Kier alpha value is -3.26. The molecule has 1 aromatic heterocycles. The summed E-state index contributed by atoms with van der Waals surface area (Å²) in [5.41, 5.74) is 2.82. The highest BCUT2D eigenvalue weighted by Gasteiger charge is 2.26. The molecule has 8 heteroatoms. The Morgan fingerprint density at radius 2 is 2.00 bits per heavy atom. The molecular weight excluding hydrogens is 393 g/mol. The molecule has 0 fully saturated rings. The summed E-state index contributed by atoms with van der Waals surface area (Å²) in [6.45, 7) is 0.516. The Bertz CT molecular complexity index is 1170. The number of nitrogens with zero attached hydrogens (tertiary/aromatic N) is 2. The van der Waals surface area contributed by atoms with E-state index in [1.807, 2.05) is 6.07 Å². The number of hydrogen-bond donors (Lipinski definition) is 1. The number of anilines is 2. The summed E-state index contributed by atoms with van der Waals surface area (Å²) in [7, 11) is -3.74. The minimum absolute atomic E-state index is 0.184. The van der Waals surface area contributed by atoms with Gasteiger partial charge in [-0.3, -0.25) is 14.5 Å². The van der Waals surface area contributed by atoms with Gasteiger partial charge in [-0.2, -0.15) is 0 Å². The predicted molar refractivity (Wildman–Crippen MR) is 109 cm³/mol. The van der Waals surface area contributed by atoms with Gasteiger partial charge in [-0.05, 0) is 53.9 Å². The third kappa shape index (κ3) is 4.27. The van der Waals surface area contributed by atoms with E-state index < -0.39 is 15.8 Å². The Labute approximate surface area is 168 Å². The molecule has 0 spiro atoms. The molecule has 0 aliphatic carbocycles. The third-order valence-corrected chi connectivity index (χ3v) is 5.91. The summed E-state index contributed by atoms with van der Waals surface area (Å²) in [5, 5.41) is 0. The lowest BCUT2D eigenvalue weighted by Crippen LogP contribution is -2.29. The van der Waals surface area contributed by atoms with Gasteiger partial charge in [-0.25, -0.2) is 12.8 Å². The van der Waals surface area contributed by atoms with Gasteiger partial charge in [0.05, 0.1) is 17.0 Å². The van der Waals surface area contributed by atoms with Crippen LogP contribution in [0.1, 0.15) is 21.5 Å². The fourth-order valence-electron chi connectivity index (χ4n) is 3.36. The second-order valence-electron chi connectivity index (χ2n) is 6.78. The number of pyridine rings is 1. The number of rotatable bonds is 5. The van der Waals surface area contributed by atoms with E-state index in [4.69, 9.17) is 0 Å². The maximum absolute atomic E-state index is 13.3. The first-order valence-electron chi connectivity index (χ1n) is 9.01. The zero-order chi connectivity index (χ0) is 20.4. The summed E-state index contributed by atoms with van der Waals surface area (Å²) in [5.74, 6) is -1.02. The molecule has 0 unspecified atom stereocenters. The van der Waals surface area contributed by atoms with Crippen molar-refractivity contribution in [2.45, 2.75) is 12.2 Å². The standard InChI is InChI=1S/C21H18FN3O3S/c22-18-5-1-3-15(11-18)14-29(27,28)24-19-7-6-16-8-10-25(20(16)12-19)21(26)17-4-2-9-23-13-17/h1-7,9,11-13,24H,8,10,14H2. The lowest BCUT2D eigenvalue weighted by molar-refractivity contribution is 0.0989. The molecule has 2 heterocycles. The van der Waals surface area contributed by atoms with Crippen molar-refractivity contribution in [3.05, 3.63) is 89.5 Å². The highest BCUT2D eigenvalue weighted by molar-refractivity contribution is 7.91. The number of amides is 1. The number of sulfonamides is 1. The first-order valence-corrected chi connectivity index (χ1v) is 10.7. The molecule has 1 aliphatic heterocycles. The molecule has 4 rings (SSSR count). The van der Waals surface area contributed by atoms with Crippen LogP contribution in [0.5, 0.6) is 0 Å². The van der Waals surface area contributed by atoms with Crippen molar-refractivity contribution in [2.75, 3.05) is 16.2 Å². The molecule has 0 saturated carbocycles. The molecule has 3 aromatic rings. The van der Waals surface area contributed by atoms with Gasteiger partial charge in [-0.1, -0.05) is 18.2 Å². The van der Waals surface area contributed by atoms with E-state index in [1.165, 1.54) is 24.4 Å². The van der Waals surface area contributed by atoms with Gasteiger partial charge in [0.2, 0.25) is 10.0 Å². The minimum Gasteiger partial charge on any atom is -0.308 e. The van der Waals surface area contributed by atoms with E-state index >= 15 is 0 Å².